The lowest BCUT2D eigenvalue weighted by molar-refractivity contribution is 0.793. The van der Waals surface area contributed by atoms with Crippen molar-refractivity contribution in [2.75, 3.05) is 0 Å². The van der Waals surface area contributed by atoms with Crippen molar-refractivity contribution in [1.29, 1.82) is 5.26 Å². The third kappa shape index (κ3) is 3.55. The van der Waals surface area contributed by atoms with E-state index in [9.17, 15) is 5.26 Å². The molecule has 0 atom stereocenters. The van der Waals surface area contributed by atoms with Crippen LogP contribution in [0.3, 0.4) is 0 Å². The Bertz CT molecular complexity index is 2570. The monoisotopic (exact) mass is 609 g/mol. The molecule has 0 N–H and O–H groups in total. The Kier molecular flexibility index (Phi) is 5.56. The quantitative estimate of drug-likeness (QED) is 0.200. The molecule has 48 heavy (non-hydrogen) atoms. The average Bonchev–Trinajstić information content (AvgIpc) is 3.79. The molecule has 3 nitrogen and oxygen atoms in total. The number of fused-ring (bicyclic) bond motifs is 11. The molecule has 0 amide bonds. The first-order valence-electron chi connectivity index (χ1n) is 16.3. The minimum Gasteiger partial charge on any atom is -0.292 e. The maximum atomic E-state index is 9.97. The molecule has 0 aliphatic heterocycles. The highest BCUT2D eigenvalue weighted by atomic mass is 15.1. The molecule has 8 aromatic rings. The molecule has 0 saturated heterocycles. The molecule has 0 bridgehead atoms. The van der Waals surface area contributed by atoms with E-state index in [-0.39, 0.29) is 0 Å². The number of nitriles is 1. The molecule has 2 aliphatic carbocycles. The molecule has 7 aromatic carbocycles. The lowest BCUT2D eigenvalue weighted by Crippen LogP contribution is -2.26. The largest absolute Gasteiger partial charge is 0.292 e. The molecule has 1 spiro atoms. The smallest absolute Gasteiger partial charge is 0.145 e. The fourth-order valence-electron chi connectivity index (χ4n) is 8.26. The fourth-order valence-corrected chi connectivity index (χ4v) is 8.26. The Balaban J connectivity index is 1.15. The number of rotatable bonds is 3. The molecule has 3 heteroatoms. The van der Waals surface area contributed by atoms with E-state index in [0.717, 1.165) is 39.2 Å². The number of nitrogens with zero attached hydrogens (tertiary/aromatic N) is 3. The Hall–Kier alpha value is -6.50. The van der Waals surface area contributed by atoms with Gasteiger partial charge in [0.1, 0.15) is 5.82 Å². The van der Waals surface area contributed by atoms with Gasteiger partial charge in [-0.25, -0.2) is 4.98 Å². The first-order valence-corrected chi connectivity index (χ1v) is 16.3. The number of imidazole rings is 1. The van der Waals surface area contributed by atoms with Crippen molar-refractivity contribution in [3.05, 3.63) is 192 Å². The van der Waals surface area contributed by atoms with Crippen LogP contribution >= 0.6 is 0 Å². The minimum absolute atomic E-state index is 0.499. The van der Waals surface area contributed by atoms with Gasteiger partial charge in [-0.05, 0) is 98.1 Å². The summed E-state index contributed by atoms with van der Waals surface area (Å²) in [5, 5.41) is 9.97. The van der Waals surface area contributed by atoms with Crippen LogP contribution in [0.15, 0.2) is 164 Å². The normalized spacial score (nSPS) is 13.1. The van der Waals surface area contributed by atoms with Gasteiger partial charge < -0.3 is 0 Å². The van der Waals surface area contributed by atoms with E-state index in [0.29, 0.717) is 5.56 Å². The predicted octanol–water partition coefficient (Wildman–Crippen LogP) is 10.6. The highest BCUT2D eigenvalue weighted by molar-refractivity contribution is 5.96. The van der Waals surface area contributed by atoms with Crippen molar-refractivity contribution in [3.8, 4) is 56.5 Å². The van der Waals surface area contributed by atoms with Gasteiger partial charge in [-0.2, -0.15) is 5.26 Å². The first-order chi connectivity index (χ1) is 23.8. The molecule has 10 rings (SSSR count). The van der Waals surface area contributed by atoms with Crippen LogP contribution in [-0.2, 0) is 5.41 Å². The zero-order valence-electron chi connectivity index (χ0n) is 25.9. The molecule has 0 saturated carbocycles. The van der Waals surface area contributed by atoms with Crippen molar-refractivity contribution in [2.45, 2.75) is 5.41 Å². The highest BCUT2D eigenvalue weighted by Gasteiger charge is 2.51. The van der Waals surface area contributed by atoms with Crippen molar-refractivity contribution >= 4 is 11.0 Å². The second-order valence-electron chi connectivity index (χ2n) is 12.6. The standard InChI is InChI=1S/C45H27N3/c46-28-29-18-24-36-37-25-23-32(27-41(37)45(40(36)26-29)38-14-6-4-12-34(38)35-13-5-7-15-39(35)45)30-19-21-31(22-20-30)44-47-42-16-8-9-17-43(42)48(44)33-10-2-1-3-11-33/h1-27H. The number of para-hydroxylation sites is 3. The molecule has 2 aliphatic rings. The fraction of sp³-hybridized carbons (Fsp3) is 0.0222. The van der Waals surface area contributed by atoms with Crippen LogP contribution in [0.5, 0.6) is 0 Å². The summed E-state index contributed by atoms with van der Waals surface area (Å²) in [6.07, 6.45) is 0. The summed E-state index contributed by atoms with van der Waals surface area (Å²) in [6.45, 7) is 0. The van der Waals surface area contributed by atoms with E-state index in [1.54, 1.807) is 0 Å². The summed E-state index contributed by atoms with van der Waals surface area (Å²) >= 11 is 0. The van der Waals surface area contributed by atoms with Crippen LogP contribution < -0.4 is 0 Å². The van der Waals surface area contributed by atoms with Gasteiger partial charge >= 0.3 is 0 Å². The molecule has 0 unspecified atom stereocenters. The van der Waals surface area contributed by atoms with E-state index in [2.05, 4.69) is 156 Å². The van der Waals surface area contributed by atoms with Crippen molar-refractivity contribution < 1.29 is 0 Å². The van der Waals surface area contributed by atoms with Gasteiger partial charge in [0.25, 0.3) is 0 Å². The van der Waals surface area contributed by atoms with Crippen molar-refractivity contribution in [2.24, 2.45) is 0 Å². The Labute approximate surface area is 278 Å². The maximum absolute atomic E-state index is 9.97. The lowest BCUT2D eigenvalue weighted by Gasteiger charge is -2.30. The number of aromatic nitrogens is 2. The van der Waals surface area contributed by atoms with Crippen LogP contribution in [-0.4, -0.2) is 9.55 Å². The van der Waals surface area contributed by atoms with Crippen LogP contribution in [0.25, 0.3) is 61.5 Å². The number of hydrogen-bond acceptors (Lipinski definition) is 2. The van der Waals surface area contributed by atoms with Crippen molar-refractivity contribution in [1.82, 2.24) is 9.55 Å². The van der Waals surface area contributed by atoms with Crippen LogP contribution in [0.1, 0.15) is 27.8 Å². The van der Waals surface area contributed by atoms with Crippen LogP contribution in [0, 0.1) is 11.3 Å². The Morgan fingerprint density at radius 3 is 1.77 bits per heavy atom. The average molecular weight is 610 g/mol. The van der Waals surface area contributed by atoms with Gasteiger partial charge in [0, 0.05) is 11.3 Å². The minimum atomic E-state index is -0.499. The molecule has 222 valence electrons. The second-order valence-corrected chi connectivity index (χ2v) is 12.6. The summed E-state index contributed by atoms with van der Waals surface area (Å²) in [5.74, 6) is 0.921. The number of hydrogen-bond donors (Lipinski definition) is 0. The van der Waals surface area contributed by atoms with Gasteiger partial charge in [-0.3, -0.25) is 4.57 Å². The third-order valence-corrected chi connectivity index (χ3v) is 10.3. The maximum Gasteiger partial charge on any atom is 0.145 e. The molecule has 1 aromatic heterocycles. The van der Waals surface area contributed by atoms with Gasteiger partial charge in [0.05, 0.1) is 28.1 Å². The molecule has 0 radical (unpaired) electrons. The molecular weight excluding hydrogens is 583 g/mol. The van der Waals surface area contributed by atoms with Gasteiger partial charge in [0.15, 0.2) is 0 Å². The van der Waals surface area contributed by atoms with Gasteiger partial charge in [-0.1, -0.05) is 121 Å². The third-order valence-electron chi connectivity index (χ3n) is 10.3. The predicted molar refractivity (Wildman–Crippen MR) is 193 cm³/mol. The summed E-state index contributed by atoms with van der Waals surface area (Å²) < 4.78 is 2.24. The molecular formula is C45H27N3. The Morgan fingerprint density at radius 1 is 0.479 bits per heavy atom. The number of benzene rings is 7. The zero-order valence-corrected chi connectivity index (χ0v) is 25.9. The van der Waals surface area contributed by atoms with E-state index in [1.165, 1.54) is 44.5 Å². The molecule has 0 fully saturated rings. The first kappa shape index (κ1) is 26.7. The zero-order chi connectivity index (χ0) is 31.8. The van der Waals surface area contributed by atoms with Crippen LogP contribution in [0.2, 0.25) is 0 Å². The molecule has 1 heterocycles. The summed E-state index contributed by atoms with van der Waals surface area (Å²) in [7, 11) is 0. The van der Waals surface area contributed by atoms with E-state index in [4.69, 9.17) is 4.98 Å². The lowest BCUT2D eigenvalue weighted by atomic mass is 9.70. The summed E-state index contributed by atoms with van der Waals surface area (Å²) in [6, 6.07) is 60.6. The highest BCUT2D eigenvalue weighted by Crippen LogP contribution is 2.63. The van der Waals surface area contributed by atoms with E-state index in [1.807, 2.05) is 18.2 Å². The summed E-state index contributed by atoms with van der Waals surface area (Å²) in [5.41, 5.74) is 16.6. The Morgan fingerprint density at radius 2 is 1.04 bits per heavy atom. The van der Waals surface area contributed by atoms with Gasteiger partial charge in [0.2, 0.25) is 0 Å². The second kappa shape index (κ2) is 10.00. The van der Waals surface area contributed by atoms with E-state index >= 15 is 0 Å². The van der Waals surface area contributed by atoms with Crippen LogP contribution in [0.4, 0.5) is 0 Å². The topological polar surface area (TPSA) is 41.6 Å². The van der Waals surface area contributed by atoms with E-state index < -0.39 is 5.41 Å². The van der Waals surface area contributed by atoms with Crippen molar-refractivity contribution in [3.63, 3.8) is 0 Å². The summed E-state index contributed by atoms with van der Waals surface area (Å²) in [4.78, 5) is 5.08. The van der Waals surface area contributed by atoms with Gasteiger partial charge in [-0.15, -0.1) is 0 Å². The SMILES string of the molecule is N#Cc1ccc2c(c1)C1(c3ccccc3-c3ccccc31)c1cc(-c3ccc(-c4nc5ccccc5n4-c4ccccc4)cc3)ccc1-2.